The van der Waals surface area contributed by atoms with Crippen molar-refractivity contribution >= 4 is 27.7 Å². The summed E-state index contributed by atoms with van der Waals surface area (Å²) in [5.74, 6) is 0.0649. The Labute approximate surface area is 141 Å². The van der Waals surface area contributed by atoms with E-state index in [2.05, 4.69) is 26.8 Å². The number of benzene rings is 2. The number of halogens is 1. The minimum absolute atomic E-state index is 0.331. The highest BCUT2D eigenvalue weighted by Gasteiger charge is 2.12. The largest absolute Gasteiger partial charge is 0.493 e. The molecule has 7 heteroatoms. The van der Waals surface area contributed by atoms with Crippen LogP contribution in [0.4, 0.5) is 0 Å². The third kappa shape index (κ3) is 4.23. The molecule has 0 fully saturated rings. The number of hydrogen-bond donors (Lipinski definition) is 2. The summed E-state index contributed by atoms with van der Waals surface area (Å²) in [6, 6.07) is 11.5. The average molecular weight is 379 g/mol. The lowest BCUT2D eigenvalue weighted by Crippen LogP contribution is -2.41. The van der Waals surface area contributed by atoms with Crippen molar-refractivity contribution in [1.29, 1.82) is 0 Å². The molecule has 0 radical (unpaired) electrons. The molecule has 0 heterocycles. The fourth-order valence-corrected chi connectivity index (χ4v) is 2.26. The van der Waals surface area contributed by atoms with Crippen LogP contribution in [0.3, 0.4) is 0 Å². The Morgan fingerprint density at radius 3 is 2.04 bits per heavy atom. The second kappa shape index (κ2) is 7.64. The number of nitrogens with one attached hydrogen (secondary N) is 2. The van der Waals surface area contributed by atoms with E-state index >= 15 is 0 Å². The SMILES string of the molecule is COc1ccc(C(=O)NNC(=O)c2cccc(Br)c2)cc1OC. The fourth-order valence-electron chi connectivity index (χ4n) is 1.87. The Bertz CT molecular complexity index is 734. The van der Waals surface area contributed by atoms with E-state index in [0.29, 0.717) is 22.6 Å². The van der Waals surface area contributed by atoms with Gasteiger partial charge in [-0.3, -0.25) is 20.4 Å². The van der Waals surface area contributed by atoms with Crippen LogP contribution in [-0.4, -0.2) is 26.0 Å². The van der Waals surface area contributed by atoms with Gasteiger partial charge in [-0.25, -0.2) is 0 Å². The first kappa shape index (κ1) is 16.8. The molecule has 2 aromatic rings. The molecule has 0 bridgehead atoms. The van der Waals surface area contributed by atoms with Gasteiger partial charge in [0.15, 0.2) is 11.5 Å². The molecule has 0 aliphatic heterocycles. The van der Waals surface area contributed by atoms with Crippen LogP contribution in [0.1, 0.15) is 20.7 Å². The van der Waals surface area contributed by atoms with E-state index in [-0.39, 0.29) is 0 Å². The minimum atomic E-state index is -0.464. The number of amides is 2. The molecule has 0 saturated carbocycles. The Balaban J connectivity index is 2.03. The monoisotopic (exact) mass is 378 g/mol. The zero-order valence-corrected chi connectivity index (χ0v) is 14.1. The van der Waals surface area contributed by atoms with Crippen molar-refractivity contribution < 1.29 is 19.1 Å². The third-order valence-corrected chi connectivity index (χ3v) is 3.52. The van der Waals surface area contributed by atoms with Crippen LogP contribution in [0.25, 0.3) is 0 Å². The van der Waals surface area contributed by atoms with Gasteiger partial charge in [-0.05, 0) is 36.4 Å². The fraction of sp³-hybridized carbons (Fsp3) is 0.125. The Morgan fingerprint density at radius 1 is 0.870 bits per heavy atom. The molecule has 0 spiro atoms. The standard InChI is InChI=1S/C16H15BrN2O4/c1-22-13-7-6-11(9-14(13)23-2)16(21)19-18-15(20)10-4-3-5-12(17)8-10/h3-9H,1-2H3,(H,18,20)(H,19,21). The summed E-state index contributed by atoms with van der Waals surface area (Å²) < 4.78 is 11.0. The molecule has 23 heavy (non-hydrogen) atoms. The zero-order chi connectivity index (χ0) is 16.8. The second-order valence-electron chi connectivity index (χ2n) is 4.49. The Kier molecular flexibility index (Phi) is 5.59. The average Bonchev–Trinajstić information content (AvgIpc) is 2.58. The van der Waals surface area contributed by atoms with Gasteiger partial charge in [0.25, 0.3) is 11.8 Å². The van der Waals surface area contributed by atoms with E-state index in [0.717, 1.165) is 4.47 Å². The molecule has 0 atom stereocenters. The molecule has 0 aliphatic carbocycles. The van der Waals surface area contributed by atoms with Crippen LogP contribution in [0.2, 0.25) is 0 Å². The maximum atomic E-state index is 12.1. The van der Waals surface area contributed by atoms with Gasteiger partial charge in [0.1, 0.15) is 0 Å². The Morgan fingerprint density at radius 2 is 1.48 bits per heavy atom. The van der Waals surface area contributed by atoms with Crippen LogP contribution in [0, 0.1) is 0 Å². The maximum absolute atomic E-state index is 12.1. The van der Waals surface area contributed by atoms with Gasteiger partial charge >= 0.3 is 0 Å². The predicted molar refractivity (Wildman–Crippen MR) is 88.6 cm³/mol. The van der Waals surface area contributed by atoms with Crippen LogP contribution >= 0.6 is 15.9 Å². The van der Waals surface area contributed by atoms with Crippen molar-refractivity contribution in [3.63, 3.8) is 0 Å². The molecule has 120 valence electrons. The first-order valence-corrected chi connectivity index (χ1v) is 7.42. The lowest BCUT2D eigenvalue weighted by molar-refractivity contribution is 0.0846. The quantitative estimate of drug-likeness (QED) is 0.801. The van der Waals surface area contributed by atoms with E-state index in [9.17, 15) is 9.59 Å². The predicted octanol–water partition coefficient (Wildman–Crippen LogP) is 2.54. The van der Waals surface area contributed by atoms with E-state index < -0.39 is 11.8 Å². The summed E-state index contributed by atoms with van der Waals surface area (Å²) in [6.45, 7) is 0. The zero-order valence-electron chi connectivity index (χ0n) is 12.6. The summed E-state index contributed by atoms with van der Waals surface area (Å²) in [7, 11) is 2.99. The third-order valence-electron chi connectivity index (χ3n) is 3.02. The second-order valence-corrected chi connectivity index (χ2v) is 5.40. The molecule has 0 aromatic heterocycles. The van der Waals surface area contributed by atoms with Crippen molar-refractivity contribution in [1.82, 2.24) is 10.9 Å². The minimum Gasteiger partial charge on any atom is -0.493 e. The number of ether oxygens (including phenoxy) is 2. The molecule has 2 rings (SSSR count). The summed E-state index contributed by atoms with van der Waals surface area (Å²) in [4.78, 5) is 24.0. The van der Waals surface area contributed by atoms with Crippen LogP contribution in [0.5, 0.6) is 11.5 Å². The molecule has 0 aliphatic rings. The number of hydrogen-bond acceptors (Lipinski definition) is 4. The summed E-state index contributed by atoms with van der Waals surface area (Å²) in [5, 5.41) is 0. The molecular formula is C16H15BrN2O4. The number of rotatable bonds is 4. The number of carbonyl (C=O) groups excluding carboxylic acids is 2. The maximum Gasteiger partial charge on any atom is 0.269 e. The molecule has 2 N–H and O–H groups in total. The smallest absolute Gasteiger partial charge is 0.269 e. The van der Waals surface area contributed by atoms with Crippen molar-refractivity contribution in [2.24, 2.45) is 0 Å². The highest BCUT2D eigenvalue weighted by Crippen LogP contribution is 2.27. The molecular weight excluding hydrogens is 364 g/mol. The van der Waals surface area contributed by atoms with E-state index in [1.54, 1.807) is 36.4 Å². The van der Waals surface area contributed by atoms with Crippen molar-refractivity contribution in [3.05, 3.63) is 58.1 Å². The first-order chi connectivity index (χ1) is 11.0. The van der Waals surface area contributed by atoms with Gasteiger partial charge in [0.2, 0.25) is 0 Å². The van der Waals surface area contributed by atoms with E-state index in [1.807, 2.05) is 0 Å². The van der Waals surface area contributed by atoms with Crippen molar-refractivity contribution in [2.45, 2.75) is 0 Å². The molecule has 0 unspecified atom stereocenters. The summed E-state index contributed by atoms with van der Waals surface area (Å²) >= 11 is 3.28. The van der Waals surface area contributed by atoms with Gasteiger partial charge in [-0.15, -0.1) is 0 Å². The van der Waals surface area contributed by atoms with Gasteiger partial charge < -0.3 is 9.47 Å². The van der Waals surface area contributed by atoms with Crippen LogP contribution < -0.4 is 20.3 Å². The van der Waals surface area contributed by atoms with Crippen LogP contribution in [0.15, 0.2) is 46.9 Å². The molecule has 6 nitrogen and oxygen atoms in total. The van der Waals surface area contributed by atoms with Gasteiger partial charge in [0.05, 0.1) is 14.2 Å². The number of methoxy groups -OCH3 is 2. The normalized spacial score (nSPS) is 9.87. The Hall–Kier alpha value is -2.54. The topological polar surface area (TPSA) is 76.7 Å². The molecule has 2 aromatic carbocycles. The summed E-state index contributed by atoms with van der Waals surface area (Å²) in [6.07, 6.45) is 0. The lowest BCUT2D eigenvalue weighted by atomic mass is 10.2. The van der Waals surface area contributed by atoms with E-state index in [1.165, 1.54) is 20.3 Å². The van der Waals surface area contributed by atoms with Crippen molar-refractivity contribution in [3.8, 4) is 11.5 Å². The van der Waals surface area contributed by atoms with Crippen LogP contribution in [-0.2, 0) is 0 Å². The number of carbonyl (C=O) groups is 2. The highest BCUT2D eigenvalue weighted by molar-refractivity contribution is 9.10. The molecule has 0 saturated heterocycles. The van der Waals surface area contributed by atoms with Gasteiger partial charge in [-0.2, -0.15) is 0 Å². The van der Waals surface area contributed by atoms with Gasteiger partial charge in [0, 0.05) is 15.6 Å². The number of hydrazine groups is 1. The first-order valence-electron chi connectivity index (χ1n) is 6.63. The lowest BCUT2D eigenvalue weighted by Gasteiger charge is -2.10. The molecule has 2 amide bonds. The summed E-state index contributed by atoms with van der Waals surface area (Å²) in [5.41, 5.74) is 5.47. The van der Waals surface area contributed by atoms with E-state index in [4.69, 9.17) is 9.47 Å². The van der Waals surface area contributed by atoms with Gasteiger partial charge in [-0.1, -0.05) is 22.0 Å². The van der Waals surface area contributed by atoms with Crippen molar-refractivity contribution in [2.75, 3.05) is 14.2 Å². The highest BCUT2D eigenvalue weighted by atomic mass is 79.9.